The third kappa shape index (κ3) is 1.35. The third-order valence-electron chi connectivity index (χ3n) is 4.33. The first-order chi connectivity index (χ1) is 10.4. The quantitative estimate of drug-likeness (QED) is 0.385. The van der Waals surface area contributed by atoms with Gasteiger partial charge in [0.1, 0.15) is 0 Å². The second kappa shape index (κ2) is 3.86. The van der Waals surface area contributed by atoms with Crippen LogP contribution in [0.2, 0.25) is 0 Å². The van der Waals surface area contributed by atoms with Crippen LogP contribution in [0.3, 0.4) is 0 Å². The SMILES string of the molecule is c1ccc(-c2cc3cccc4c5ccccc5c2n34)cc1. The molecule has 0 radical (unpaired) electrons. The molecule has 0 fully saturated rings. The lowest BCUT2D eigenvalue weighted by Crippen LogP contribution is -1.79. The maximum atomic E-state index is 2.38. The van der Waals surface area contributed by atoms with E-state index in [1.807, 2.05) is 0 Å². The van der Waals surface area contributed by atoms with Crippen LogP contribution in [-0.2, 0) is 0 Å². The lowest BCUT2D eigenvalue weighted by atomic mass is 10.0. The zero-order chi connectivity index (χ0) is 13.8. The molecule has 0 aliphatic carbocycles. The molecule has 0 N–H and O–H groups in total. The molecule has 3 aromatic heterocycles. The highest BCUT2D eigenvalue weighted by molar-refractivity contribution is 6.15. The fourth-order valence-electron chi connectivity index (χ4n) is 3.45. The van der Waals surface area contributed by atoms with Crippen molar-refractivity contribution in [3.05, 3.63) is 78.9 Å². The Bertz CT molecular complexity index is 1070. The van der Waals surface area contributed by atoms with Gasteiger partial charge in [-0.3, -0.25) is 0 Å². The van der Waals surface area contributed by atoms with Gasteiger partial charge in [0.25, 0.3) is 0 Å². The number of hydrogen-bond donors (Lipinski definition) is 0. The van der Waals surface area contributed by atoms with Crippen molar-refractivity contribution in [2.24, 2.45) is 0 Å². The molecule has 0 saturated carbocycles. The second-order valence-corrected chi connectivity index (χ2v) is 5.49. The van der Waals surface area contributed by atoms with Gasteiger partial charge < -0.3 is 4.40 Å². The van der Waals surface area contributed by atoms with Crippen molar-refractivity contribution in [3.8, 4) is 11.1 Å². The summed E-state index contributed by atoms with van der Waals surface area (Å²) >= 11 is 0. The molecule has 0 aliphatic heterocycles. The number of nitrogens with zero attached hydrogens (tertiary/aromatic N) is 1. The van der Waals surface area contributed by atoms with Crippen LogP contribution in [0.1, 0.15) is 0 Å². The van der Waals surface area contributed by atoms with Gasteiger partial charge in [-0.1, -0.05) is 60.7 Å². The van der Waals surface area contributed by atoms with Gasteiger partial charge >= 0.3 is 0 Å². The standard InChI is InChI=1S/C20H13N/c1-2-7-14(8-3-1)18-13-15-9-6-12-19-16-10-4-5-11-17(16)20(18)21(15)19/h1-13H. The highest BCUT2D eigenvalue weighted by Gasteiger charge is 2.16. The van der Waals surface area contributed by atoms with Crippen molar-refractivity contribution in [2.75, 3.05) is 0 Å². The summed E-state index contributed by atoms with van der Waals surface area (Å²) in [6, 6.07) is 28.2. The topological polar surface area (TPSA) is 4.41 Å². The first kappa shape index (κ1) is 10.9. The maximum Gasteiger partial charge on any atom is 0.0620 e. The Morgan fingerprint density at radius 2 is 1.38 bits per heavy atom. The summed E-state index contributed by atoms with van der Waals surface area (Å²) in [7, 11) is 0. The monoisotopic (exact) mass is 267 g/mol. The predicted molar refractivity (Wildman–Crippen MR) is 89.0 cm³/mol. The van der Waals surface area contributed by atoms with Crippen LogP contribution in [0.5, 0.6) is 0 Å². The van der Waals surface area contributed by atoms with Gasteiger partial charge in [0.05, 0.1) is 11.0 Å². The van der Waals surface area contributed by atoms with E-state index in [0.29, 0.717) is 0 Å². The van der Waals surface area contributed by atoms with Crippen LogP contribution < -0.4 is 0 Å². The van der Waals surface area contributed by atoms with E-state index in [-0.39, 0.29) is 0 Å². The Labute approximate surface area is 122 Å². The average molecular weight is 267 g/mol. The Kier molecular flexibility index (Phi) is 2.01. The molecule has 3 heterocycles. The van der Waals surface area contributed by atoms with Gasteiger partial charge in [0.2, 0.25) is 0 Å². The minimum Gasteiger partial charge on any atom is -0.309 e. The number of pyridine rings is 1. The summed E-state index contributed by atoms with van der Waals surface area (Å²) in [6.45, 7) is 0. The van der Waals surface area contributed by atoms with Crippen LogP contribution in [0.15, 0.2) is 78.9 Å². The van der Waals surface area contributed by atoms with Crippen molar-refractivity contribution in [3.63, 3.8) is 0 Å². The number of aromatic nitrogens is 1. The Morgan fingerprint density at radius 1 is 0.619 bits per heavy atom. The van der Waals surface area contributed by atoms with E-state index in [1.54, 1.807) is 0 Å². The molecule has 0 aliphatic rings. The number of fused-ring (bicyclic) bond motifs is 3. The van der Waals surface area contributed by atoms with Crippen LogP contribution in [0.25, 0.3) is 38.4 Å². The van der Waals surface area contributed by atoms with E-state index in [2.05, 4.69) is 83.3 Å². The molecule has 1 heteroatoms. The van der Waals surface area contributed by atoms with Crippen LogP contribution in [-0.4, -0.2) is 4.40 Å². The van der Waals surface area contributed by atoms with Gasteiger partial charge in [0, 0.05) is 21.9 Å². The number of benzene rings is 2. The molecule has 5 aromatic rings. The maximum absolute atomic E-state index is 2.38. The normalized spacial score (nSPS) is 11.8. The first-order valence-corrected chi connectivity index (χ1v) is 7.23. The highest BCUT2D eigenvalue weighted by Crippen LogP contribution is 2.38. The largest absolute Gasteiger partial charge is 0.309 e. The molecule has 2 aromatic carbocycles. The van der Waals surface area contributed by atoms with E-state index in [9.17, 15) is 0 Å². The Balaban J connectivity index is 2.07. The van der Waals surface area contributed by atoms with Crippen LogP contribution in [0, 0.1) is 0 Å². The van der Waals surface area contributed by atoms with E-state index < -0.39 is 0 Å². The van der Waals surface area contributed by atoms with E-state index in [4.69, 9.17) is 0 Å². The van der Waals surface area contributed by atoms with E-state index in [0.717, 1.165) is 0 Å². The summed E-state index contributed by atoms with van der Waals surface area (Å²) < 4.78 is 2.38. The fourth-order valence-corrected chi connectivity index (χ4v) is 3.45. The molecule has 21 heavy (non-hydrogen) atoms. The minimum atomic E-state index is 1.26. The molecular weight excluding hydrogens is 254 g/mol. The van der Waals surface area contributed by atoms with Gasteiger partial charge in [-0.2, -0.15) is 0 Å². The zero-order valence-corrected chi connectivity index (χ0v) is 11.5. The summed E-state index contributed by atoms with van der Waals surface area (Å²) in [5.74, 6) is 0. The van der Waals surface area contributed by atoms with Crippen LogP contribution >= 0.6 is 0 Å². The summed E-state index contributed by atoms with van der Waals surface area (Å²) in [4.78, 5) is 0. The molecule has 0 saturated heterocycles. The van der Waals surface area contributed by atoms with Gasteiger partial charge in [0.15, 0.2) is 0 Å². The van der Waals surface area contributed by atoms with Crippen molar-refractivity contribution in [1.29, 1.82) is 0 Å². The molecule has 1 nitrogen and oxygen atoms in total. The Morgan fingerprint density at radius 3 is 2.24 bits per heavy atom. The lowest BCUT2D eigenvalue weighted by Gasteiger charge is -1.98. The van der Waals surface area contributed by atoms with Crippen molar-refractivity contribution in [2.45, 2.75) is 0 Å². The van der Waals surface area contributed by atoms with Gasteiger partial charge in [-0.25, -0.2) is 0 Å². The summed E-state index contributed by atoms with van der Waals surface area (Å²) in [6.07, 6.45) is 0. The van der Waals surface area contributed by atoms with Gasteiger partial charge in [-0.05, 0) is 23.8 Å². The molecule has 0 spiro atoms. The number of hydrogen-bond acceptors (Lipinski definition) is 0. The number of rotatable bonds is 1. The molecule has 98 valence electrons. The van der Waals surface area contributed by atoms with E-state index >= 15 is 0 Å². The highest BCUT2D eigenvalue weighted by atomic mass is 14.9. The summed E-state index contributed by atoms with van der Waals surface area (Å²) in [5.41, 5.74) is 6.46. The van der Waals surface area contributed by atoms with Gasteiger partial charge in [-0.15, -0.1) is 0 Å². The average Bonchev–Trinajstić information content (AvgIpc) is 3.10. The molecule has 5 rings (SSSR count). The second-order valence-electron chi connectivity index (χ2n) is 5.49. The molecule has 0 atom stereocenters. The zero-order valence-electron chi connectivity index (χ0n) is 11.5. The fraction of sp³-hybridized carbons (Fsp3) is 0. The van der Waals surface area contributed by atoms with Crippen molar-refractivity contribution in [1.82, 2.24) is 4.40 Å². The molecule has 0 unspecified atom stereocenters. The minimum absolute atomic E-state index is 1.26. The third-order valence-corrected chi connectivity index (χ3v) is 4.33. The van der Waals surface area contributed by atoms with Crippen LogP contribution in [0.4, 0.5) is 0 Å². The van der Waals surface area contributed by atoms with E-state index in [1.165, 1.54) is 38.4 Å². The lowest BCUT2D eigenvalue weighted by molar-refractivity contribution is 1.36. The molecule has 0 amide bonds. The first-order valence-electron chi connectivity index (χ1n) is 7.23. The smallest absolute Gasteiger partial charge is 0.0620 e. The van der Waals surface area contributed by atoms with Crippen molar-refractivity contribution < 1.29 is 0 Å². The molecule has 0 bridgehead atoms. The predicted octanol–water partition coefficient (Wildman–Crippen LogP) is 5.35. The molecular formula is C20H13N. The Hall–Kier alpha value is -2.80. The van der Waals surface area contributed by atoms with Crippen molar-refractivity contribution >= 4 is 27.3 Å². The summed E-state index contributed by atoms with van der Waals surface area (Å²) in [5, 5.41) is 2.66.